The Kier molecular flexibility index (Phi) is 14.4. The maximum absolute atomic E-state index is 13.3. The summed E-state index contributed by atoms with van der Waals surface area (Å²) in [4.78, 5) is 34.3. The predicted octanol–water partition coefficient (Wildman–Crippen LogP) is 9.84. The Balaban J connectivity index is 0.000000188. The Morgan fingerprint density at radius 3 is 1.37 bits per heavy atom. The van der Waals surface area contributed by atoms with Gasteiger partial charge >= 0.3 is 0 Å². The molecule has 320 valence electrons. The van der Waals surface area contributed by atoms with Crippen LogP contribution < -0.4 is 25.2 Å². The summed E-state index contributed by atoms with van der Waals surface area (Å²) in [6.07, 6.45) is 0. The van der Waals surface area contributed by atoms with E-state index in [0.29, 0.717) is 31.7 Å². The lowest BCUT2D eigenvalue weighted by Gasteiger charge is -2.36. The van der Waals surface area contributed by atoms with Gasteiger partial charge in [0.2, 0.25) is 0 Å². The molecule has 0 radical (unpaired) electrons. The lowest BCUT2D eigenvalue weighted by molar-refractivity contribution is 0.0739. The molecule has 0 aromatic heterocycles. The van der Waals surface area contributed by atoms with Crippen LogP contribution in [0.1, 0.15) is 52.6 Å². The van der Waals surface area contributed by atoms with Crippen LogP contribution in [0.15, 0.2) is 158 Å². The van der Waals surface area contributed by atoms with Gasteiger partial charge in [0.15, 0.2) is 0 Å². The van der Waals surface area contributed by atoms with Crippen molar-refractivity contribution < 1.29 is 18.7 Å². The first-order chi connectivity index (χ1) is 30.1. The number of para-hydroxylation sites is 2. The van der Waals surface area contributed by atoms with Gasteiger partial charge in [0, 0.05) is 99.3 Å². The molecule has 62 heavy (non-hydrogen) atoms. The van der Waals surface area contributed by atoms with Crippen LogP contribution in [0.2, 0.25) is 0 Å². The molecule has 2 aliphatic heterocycles. The molecule has 2 amide bonds. The van der Waals surface area contributed by atoms with E-state index in [9.17, 15) is 14.0 Å². The quantitative estimate of drug-likeness (QED) is 0.135. The molecule has 0 spiro atoms. The summed E-state index contributed by atoms with van der Waals surface area (Å²) in [5.41, 5.74) is 7.59. The number of benzene rings is 6. The molecule has 0 atom stereocenters. The molecule has 0 aliphatic carbocycles. The summed E-state index contributed by atoms with van der Waals surface area (Å²) in [5, 5.41) is 6.69. The molecular formula is C52H57FN6O3. The smallest absolute Gasteiger partial charge is 0.253 e. The predicted molar refractivity (Wildman–Crippen MR) is 250 cm³/mol. The minimum absolute atomic E-state index is 0.0643. The number of carbonyl (C=O) groups is 2. The standard InChI is InChI=1S/C28H33N3O2.C24H24FN3O/c1-28(2,3)33-26-15-9-22(10-16-26)21-29-24-13-11-23(12-14-24)27(32)31-19-17-30(18-20-31)25-7-5-4-6-8-25;25-21-6-4-5-19(17-21)18-26-22-11-9-20(10-12-22)24(29)28-15-13-27(14-16-28)23-7-2-1-3-8-23/h4-16,29H,17-21H2,1-3H3;1-12,17,26H,13-16,18H2. The van der Waals surface area contributed by atoms with Gasteiger partial charge in [-0.05, 0) is 129 Å². The summed E-state index contributed by atoms with van der Waals surface area (Å²) >= 11 is 0. The van der Waals surface area contributed by atoms with Gasteiger partial charge in [-0.25, -0.2) is 4.39 Å². The molecule has 2 fully saturated rings. The SMILES string of the molecule is CC(C)(C)Oc1ccc(CNc2ccc(C(=O)N3CCN(c4ccccc4)CC3)cc2)cc1.O=C(c1ccc(NCc2cccc(F)c2)cc1)N1CCN(c2ccccc2)CC1. The zero-order valence-corrected chi connectivity index (χ0v) is 36.0. The lowest BCUT2D eigenvalue weighted by atomic mass is 10.1. The Morgan fingerprint density at radius 2 is 0.952 bits per heavy atom. The molecule has 0 saturated carbocycles. The van der Waals surface area contributed by atoms with Crippen LogP contribution in [0.5, 0.6) is 5.75 Å². The fraction of sp³-hybridized carbons (Fsp3) is 0.269. The number of hydrogen-bond acceptors (Lipinski definition) is 7. The monoisotopic (exact) mass is 832 g/mol. The van der Waals surface area contributed by atoms with Crippen LogP contribution in [0.4, 0.5) is 27.1 Å². The number of nitrogens with zero attached hydrogens (tertiary/aromatic N) is 4. The van der Waals surface area contributed by atoms with Crippen molar-refractivity contribution in [1.29, 1.82) is 0 Å². The highest BCUT2D eigenvalue weighted by molar-refractivity contribution is 5.95. The number of hydrogen-bond donors (Lipinski definition) is 2. The number of anilines is 4. The number of nitrogens with one attached hydrogen (secondary N) is 2. The van der Waals surface area contributed by atoms with Crippen LogP contribution in [-0.4, -0.2) is 79.6 Å². The first-order valence-electron chi connectivity index (χ1n) is 21.5. The van der Waals surface area contributed by atoms with Crippen LogP contribution in [0.3, 0.4) is 0 Å². The van der Waals surface area contributed by atoms with Gasteiger partial charge in [-0.3, -0.25) is 9.59 Å². The Labute approximate surface area is 365 Å². The fourth-order valence-corrected chi connectivity index (χ4v) is 7.52. The first-order valence-corrected chi connectivity index (χ1v) is 21.5. The van der Waals surface area contributed by atoms with E-state index in [1.807, 2.05) is 122 Å². The van der Waals surface area contributed by atoms with Gasteiger partial charge in [0.25, 0.3) is 11.8 Å². The number of piperazine rings is 2. The lowest BCUT2D eigenvalue weighted by Crippen LogP contribution is -2.48. The molecule has 0 bridgehead atoms. The number of rotatable bonds is 11. The number of carbonyl (C=O) groups excluding carboxylic acids is 2. The van der Waals surface area contributed by atoms with Gasteiger partial charge in [0.1, 0.15) is 17.2 Å². The molecule has 2 aliphatic rings. The van der Waals surface area contributed by atoms with E-state index in [0.717, 1.165) is 67.5 Å². The fourth-order valence-electron chi connectivity index (χ4n) is 7.52. The molecule has 0 unspecified atom stereocenters. The molecule has 9 nitrogen and oxygen atoms in total. The molecule has 2 N–H and O–H groups in total. The second kappa shape index (κ2) is 20.6. The average molecular weight is 833 g/mol. The van der Waals surface area contributed by atoms with Crippen molar-refractivity contribution in [2.24, 2.45) is 0 Å². The maximum Gasteiger partial charge on any atom is 0.253 e. The van der Waals surface area contributed by atoms with E-state index >= 15 is 0 Å². The Morgan fingerprint density at radius 1 is 0.516 bits per heavy atom. The third-order valence-electron chi connectivity index (χ3n) is 10.9. The molecule has 2 saturated heterocycles. The van der Waals surface area contributed by atoms with E-state index < -0.39 is 0 Å². The van der Waals surface area contributed by atoms with Crippen molar-refractivity contribution in [3.63, 3.8) is 0 Å². The summed E-state index contributed by atoms with van der Waals surface area (Å²) in [7, 11) is 0. The van der Waals surface area contributed by atoms with Crippen molar-refractivity contribution in [3.05, 3.63) is 186 Å². The van der Waals surface area contributed by atoms with E-state index in [1.54, 1.807) is 6.07 Å². The van der Waals surface area contributed by atoms with Gasteiger partial charge in [-0.15, -0.1) is 0 Å². The van der Waals surface area contributed by atoms with Crippen LogP contribution in [0, 0.1) is 5.82 Å². The topological polar surface area (TPSA) is 80.4 Å². The first kappa shape index (κ1) is 43.3. The number of halogens is 1. The summed E-state index contributed by atoms with van der Waals surface area (Å²) < 4.78 is 19.1. The van der Waals surface area contributed by atoms with E-state index in [2.05, 4.69) is 69.0 Å². The second-order valence-electron chi connectivity index (χ2n) is 16.6. The van der Waals surface area contributed by atoms with Crippen LogP contribution in [-0.2, 0) is 13.1 Å². The highest BCUT2D eigenvalue weighted by Crippen LogP contribution is 2.22. The Hall–Kier alpha value is -6.81. The average Bonchev–Trinajstić information content (AvgIpc) is 3.31. The van der Waals surface area contributed by atoms with Gasteiger partial charge in [-0.1, -0.05) is 60.7 Å². The molecule has 6 aromatic rings. The largest absolute Gasteiger partial charge is 0.488 e. The normalized spacial score (nSPS) is 14.1. The highest BCUT2D eigenvalue weighted by atomic mass is 19.1. The molecule has 6 aromatic carbocycles. The van der Waals surface area contributed by atoms with Gasteiger partial charge in [-0.2, -0.15) is 0 Å². The Bertz CT molecular complexity index is 2320. The molecule has 10 heteroatoms. The third-order valence-corrected chi connectivity index (χ3v) is 10.9. The number of amides is 2. The van der Waals surface area contributed by atoms with E-state index in [4.69, 9.17) is 4.74 Å². The maximum atomic E-state index is 13.3. The minimum atomic E-state index is -0.238. The van der Waals surface area contributed by atoms with Crippen LogP contribution in [0.25, 0.3) is 0 Å². The van der Waals surface area contributed by atoms with E-state index in [-0.39, 0.29) is 23.2 Å². The van der Waals surface area contributed by atoms with Crippen molar-refractivity contribution in [2.45, 2.75) is 39.5 Å². The second-order valence-corrected chi connectivity index (χ2v) is 16.6. The van der Waals surface area contributed by atoms with Crippen molar-refractivity contribution in [2.75, 3.05) is 72.8 Å². The molecule has 8 rings (SSSR count). The zero-order valence-electron chi connectivity index (χ0n) is 36.0. The van der Waals surface area contributed by atoms with E-state index in [1.165, 1.54) is 29.1 Å². The van der Waals surface area contributed by atoms with Crippen molar-refractivity contribution in [3.8, 4) is 5.75 Å². The summed E-state index contributed by atoms with van der Waals surface area (Å²) in [6.45, 7) is 13.7. The summed E-state index contributed by atoms with van der Waals surface area (Å²) in [5.74, 6) is 0.800. The zero-order chi connectivity index (χ0) is 43.3. The summed E-state index contributed by atoms with van der Waals surface area (Å²) in [6, 6.07) is 50.6. The number of ether oxygens (including phenoxy) is 1. The van der Waals surface area contributed by atoms with Gasteiger partial charge < -0.3 is 35.0 Å². The van der Waals surface area contributed by atoms with Crippen molar-refractivity contribution in [1.82, 2.24) is 9.80 Å². The van der Waals surface area contributed by atoms with Crippen LogP contribution >= 0.6 is 0 Å². The highest BCUT2D eigenvalue weighted by Gasteiger charge is 2.24. The molecule has 2 heterocycles. The minimum Gasteiger partial charge on any atom is -0.488 e. The van der Waals surface area contributed by atoms with Crippen molar-refractivity contribution >= 4 is 34.6 Å². The molecular weight excluding hydrogens is 776 g/mol. The third kappa shape index (κ3) is 12.4. The van der Waals surface area contributed by atoms with Gasteiger partial charge in [0.05, 0.1) is 0 Å².